The van der Waals surface area contributed by atoms with Gasteiger partial charge in [-0.1, -0.05) is 56.7 Å². The summed E-state index contributed by atoms with van der Waals surface area (Å²) in [5.41, 5.74) is 2.09. The van der Waals surface area contributed by atoms with Gasteiger partial charge in [-0.2, -0.15) is 4.31 Å². The van der Waals surface area contributed by atoms with Crippen molar-refractivity contribution in [2.75, 3.05) is 26.2 Å². The van der Waals surface area contributed by atoms with E-state index in [1.165, 1.54) is 4.31 Å². The first-order chi connectivity index (χ1) is 15.1. The first-order valence-corrected chi connectivity index (χ1v) is 12.6. The van der Waals surface area contributed by atoms with E-state index in [1.807, 2.05) is 25.1 Å². The van der Waals surface area contributed by atoms with Gasteiger partial charge in [0.25, 0.3) is 0 Å². The number of piperidine rings is 1. The van der Waals surface area contributed by atoms with Gasteiger partial charge in [0.2, 0.25) is 15.9 Å². The summed E-state index contributed by atoms with van der Waals surface area (Å²) < 4.78 is 33.3. The van der Waals surface area contributed by atoms with Crippen molar-refractivity contribution in [2.24, 2.45) is 5.92 Å². The van der Waals surface area contributed by atoms with Crippen LogP contribution in [0.3, 0.4) is 0 Å². The molecule has 0 radical (unpaired) electrons. The highest BCUT2D eigenvalue weighted by molar-refractivity contribution is 7.89. The lowest BCUT2D eigenvalue weighted by Crippen LogP contribution is -2.46. The molecule has 0 aliphatic carbocycles. The van der Waals surface area contributed by atoms with E-state index in [0.29, 0.717) is 32.5 Å². The van der Waals surface area contributed by atoms with Crippen LogP contribution < -0.4 is 10.1 Å². The van der Waals surface area contributed by atoms with Gasteiger partial charge in [-0.05, 0) is 48.9 Å². The zero-order chi connectivity index (χ0) is 23.4. The number of ether oxygens (including phenoxy) is 1. The molecule has 0 spiro atoms. The van der Waals surface area contributed by atoms with E-state index < -0.39 is 10.0 Å². The number of sulfonamides is 1. The smallest absolute Gasteiger partial charge is 0.243 e. The molecule has 1 fully saturated rings. The monoisotopic (exact) mass is 458 g/mol. The predicted octanol–water partition coefficient (Wildman–Crippen LogP) is 3.89. The van der Waals surface area contributed by atoms with Crippen LogP contribution in [0.4, 0.5) is 0 Å². The molecule has 3 rings (SSSR count). The SMILES string of the molecule is Cc1ccc(S(=O)(=O)N2CCC[C@@H](C(=O)NCCOc3ccccc3C(C)(C)C)C2)cc1. The second kappa shape index (κ2) is 10.0. The van der Waals surface area contributed by atoms with E-state index in [1.54, 1.807) is 24.3 Å². The van der Waals surface area contributed by atoms with Crippen LogP contribution in [0.15, 0.2) is 53.4 Å². The summed E-state index contributed by atoms with van der Waals surface area (Å²) in [5, 5.41) is 2.91. The van der Waals surface area contributed by atoms with Gasteiger partial charge in [-0.15, -0.1) is 0 Å². The molecule has 1 aliphatic rings. The molecule has 1 N–H and O–H groups in total. The van der Waals surface area contributed by atoms with Gasteiger partial charge < -0.3 is 10.1 Å². The van der Waals surface area contributed by atoms with Crippen molar-refractivity contribution in [3.63, 3.8) is 0 Å². The van der Waals surface area contributed by atoms with Gasteiger partial charge in [0.1, 0.15) is 12.4 Å². The number of aryl methyl sites for hydroxylation is 1. The van der Waals surface area contributed by atoms with Gasteiger partial charge in [0.05, 0.1) is 17.4 Å². The van der Waals surface area contributed by atoms with Crippen LogP contribution in [-0.2, 0) is 20.2 Å². The number of amides is 1. The third-order valence-corrected chi connectivity index (χ3v) is 7.65. The van der Waals surface area contributed by atoms with E-state index in [2.05, 4.69) is 32.2 Å². The molecule has 1 atom stereocenters. The second-order valence-electron chi connectivity index (χ2n) is 9.40. The van der Waals surface area contributed by atoms with Crippen LogP contribution in [0.25, 0.3) is 0 Å². The van der Waals surface area contributed by atoms with Crippen molar-refractivity contribution < 1.29 is 17.9 Å². The first-order valence-electron chi connectivity index (χ1n) is 11.2. The summed E-state index contributed by atoms with van der Waals surface area (Å²) in [6.07, 6.45) is 1.35. The minimum atomic E-state index is -3.60. The molecule has 1 amide bonds. The van der Waals surface area contributed by atoms with Gasteiger partial charge in [0.15, 0.2) is 0 Å². The van der Waals surface area contributed by atoms with Gasteiger partial charge in [-0.3, -0.25) is 4.79 Å². The summed E-state index contributed by atoms with van der Waals surface area (Å²) in [7, 11) is -3.60. The number of nitrogens with zero attached hydrogens (tertiary/aromatic N) is 1. The Morgan fingerprint density at radius 3 is 2.50 bits per heavy atom. The Hall–Kier alpha value is -2.38. The third-order valence-electron chi connectivity index (χ3n) is 5.77. The number of nitrogens with one attached hydrogen (secondary N) is 1. The maximum atomic E-state index is 13.0. The van der Waals surface area contributed by atoms with E-state index in [-0.39, 0.29) is 28.7 Å². The number of carbonyl (C=O) groups excluding carboxylic acids is 1. The van der Waals surface area contributed by atoms with Crippen molar-refractivity contribution in [2.45, 2.75) is 50.8 Å². The maximum absolute atomic E-state index is 13.0. The zero-order valence-electron chi connectivity index (χ0n) is 19.4. The second-order valence-corrected chi connectivity index (χ2v) is 11.3. The topological polar surface area (TPSA) is 75.7 Å². The summed E-state index contributed by atoms with van der Waals surface area (Å²) in [6.45, 7) is 9.70. The van der Waals surface area contributed by atoms with Crippen molar-refractivity contribution in [1.82, 2.24) is 9.62 Å². The molecule has 32 heavy (non-hydrogen) atoms. The van der Waals surface area contributed by atoms with Crippen LogP contribution in [-0.4, -0.2) is 44.9 Å². The Morgan fingerprint density at radius 1 is 1.12 bits per heavy atom. The molecule has 174 valence electrons. The number of para-hydroxylation sites is 1. The third kappa shape index (κ3) is 5.90. The average molecular weight is 459 g/mol. The van der Waals surface area contributed by atoms with Crippen LogP contribution in [0.1, 0.15) is 44.7 Å². The number of carbonyl (C=O) groups is 1. The van der Waals surface area contributed by atoms with Crippen molar-refractivity contribution in [3.05, 3.63) is 59.7 Å². The van der Waals surface area contributed by atoms with Crippen LogP contribution in [0, 0.1) is 12.8 Å². The van der Waals surface area contributed by atoms with Crippen LogP contribution >= 0.6 is 0 Å². The van der Waals surface area contributed by atoms with Crippen LogP contribution in [0.5, 0.6) is 5.75 Å². The molecular formula is C25H34N2O4S. The molecule has 2 aromatic rings. The molecule has 0 aromatic heterocycles. The molecule has 0 bridgehead atoms. The summed E-state index contributed by atoms with van der Waals surface area (Å²) in [4.78, 5) is 13.0. The highest BCUT2D eigenvalue weighted by Crippen LogP contribution is 2.31. The zero-order valence-corrected chi connectivity index (χ0v) is 20.2. The largest absolute Gasteiger partial charge is 0.491 e. The number of benzene rings is 2. The highest BCUT2D eigenvalue weighted by Gasteiger charge is 2.33. The minimum absolute atomic E-state index is 0.0334. The van der Waals surface area contributed by atoms with Gasteiger partial charge in [0, 0.05) is 13.1 Å². The fourth-order valence-corrected chi connectivity index (χ4v) is 5.45. The Bertz CT molecular complexity index is 1030. The fraction of sp³-hybridized carbons (Fsp3) is 0.480. The molecule has 7 heteroatoms. The Balaban J connectivity index is 1.53. The molecule has 1 aliphatic heterocycles. The Labute approximate surface area is 192 Å². The number of rotatable bonds is 7. The molecule has 1 saturated heterocycles. The normalized spacial score (nSPS) is 17.7. The summed E-state index contributed by atoms with van der Waals surface area (Å²) in [5.74, 6) is 0.342. The van der Waals surface area contributed by atoms with E-state index in [0.717, 1.165) is 16.9 Å². The molecule has 2 aromatic carbocycles. The predicted molar refractivity (Wildman–Crippen MR) is 126 cm³/mol. The lowest BCUT2D eigenvalue weighted by atomic mass is 9.86. The molecular weight excluding hydrogens is 424 g/mol. The average Bonchev–Trinajstić information content (AvgIpc) is 2.76. The minimum Gasteiger partial charge on any atom is -0.491 e. The van der Waals surface area contributed by atoms with Gasteiger partial charge in [-0.25, -0.2) is 8.42 Å². The summed E-state index contributed by atoms with van der Waals surface area (Å²) in [6, 6.07) is 14.8. The number of hydrogen-bond donors (Lipinski definition) is 1. The molecule has 0 unspecified atom stereocenters. The fourth-order valence-electron chi connectivity index (χ4n) is 3.93. The highest BCUT2D eigenvalue weighted by atomic mass is 32.2. The Kier molecular flexibility index (Phi) is 7.62. The maximum Gasteiger partial charge on any atom is 0.243 e. The van der Waals surface area contributed by atoms with Crippen molar-refractivity contribution in [3.8, 4) is 5.75 Å². The quantitative estimate of drug-likeness (QED) is 0.639. The van der Waals surface area contributed by atoms with E-state index >= 15 is 0 Å². The van der Waals surface area contributed by atoms with Crippen LogP contribution in [0.2, 0.25) is 0 Å². The number of hydrogen-bond acceptors (Lipinski definition) is 4. The first kappa shape index (κ1) is 24.3. The Morgan fingerprint density at radius 2 is 1.81 bits per heavy atom. The van der Waals surface area contributed by atoms with Crippen molar-refractivity contribution in [1.29, 1.82) is 0 Å². The van der Waals surface area contributed by atoms with Crippen molar-refractivity contribution >= 4 is 15.9 Å². The standard InChI is InChI=1S/C25H34N2O4S/c1-19-11-13-21(14-12-19)32(29,30)27-16-7-8-20(18-27)24(28)26-15-17-31-23-10-6-5-9-22(23)25(2,3)4/h5-6,9-14,20H,7-8,15-18H2,1-4H3,(H,26,28)/t20-/m1/s1. The molecule has 1 heterocycles. The lowest BCUT2D eigenvalue weighted by molar-refractivity contribution is -0.126. The molecule has 6 nitrogen and oxygen atoms in total. The van der Waals surface area contributed by atoms with Gasteiger partial charge >= 0.3 is 0 Å². The van der Waals surface area contributed by atoms with E-state index in [9.17, 15) is 13.2 Å². The van der Waals surface area contributed by atoms with E-state index in [4.69, 9.17) is 4.74 Å². The lowest BCUT2D eigenvalue weighted by Gasteiger charge is -2.31. The molecule has 0 saturated carbocycles. The summed E-state index contributed by atoms with van der Waals surface area (Å²) >= 11 is 0.